The summed E-state index contributed by atoms with van der Waals surface area (Å²) in [5, 5.41) is 10.8. The van der Waals surface area contributed by atoms with Crippen LogP contribution in [0.5, 0.6) is 5.75 Å². The molecule has 0 radical (unpaired) electrons. The third kappa shape index (κ3) is 5.72. The Bertz CT molecular complexity index is 807. The number of carbonyl (C=O) groups excluding carboxylic acids is 1. The van der Waals surface area contributed by atoms with Gasteiger partial charge in [0.2, 0.25) is 0 Å². The van der Waals surface area contributed by atoms with E-state index < -0.39 is 30.2 Å². The SMILES string of the molecule is CC(NC(=O)C(F)(F)F)C(Oc1ccc(C(=O)O)cc1)c1ccc(Br)cc1. The van der Waals surface area contributed by atoms with Crippen molar-refractivity contribution in [3.8, 4) is 5.75 Å². The number of aromatic carboxylic acids is 1. The lowest BCUT2D eigenvalue weighted by Gasteiger charge is -2.27. The molecule has 2 aromatic rings. The standard InChI is InChI=1S/C18H15BrF3NO4/c1-10(23-17(26)18(20,21)22)15(11-2-6-13(19)7-3-11)27-14-8-4-12(5-9-14)16(24)25/h2-10,15H,1H3,(H,23,26)(H,24,25). The Balaban J connectivity index is 2.27. The molecule has 0 aliphatic rings. The fraction of sp³-hybridized carbons (Fsp3) is 0.222. The van der Waals surface area contributed by atoms with Crippen molar-refractivity contribution >= 4 is 27.8 Å². The second-order valence-corrected chi connectivity index (χ2v) is 6.60. The van der Waals surface area contributed by atoms with E-state index in [-0.39, 0.29) is 11.3 Å². The van der Waals surface area contributed by atoms with Crippen LogP contribution in [-0.2, 0) is 4.79 Å². The Morgan fingerprint density at radius 2 is 1.63 bits per heavy atom. The molecule has 2 N–H and O–H groups in total. The van der Waals surface area contributed by atoms with Crippen molar-refractivity contribution in [2.75, 3.05) is 0 Å². The van der Waals surface area contributed by atoms with Crippen LogP contribution in [0.4, 0.5) is 13.2 Å². The molecule has 5 nitrogen and oxygen atoms in total. The molecule has 0 aliphatic heterocycles. The van der Waals surface area contributed by atoms with E-state index in [1.807, 2.05) is 5.32 Å². The summed E-state index contributed by atoms with van der Waals surface area (Å²) >= 11 is 3.27. The molecule has 9 heteroatoms. The summed E-state index contributed by atoms with van der Waals surface area (Å²) in [6, 6.07) is 11.1. The van der Waals surface area contributed by atoms with E-state index in [9.17, 15) is 22.8 Å². The quantitative estimate of drug-likeness (QED) is 0.693. The average Bonchev–Trinajstić information content (AvgIpc) is 2.60. The number of nitrogens with one attached hydrogen (secondary N) is 1. The van der Waals surface area contributed by atoms with Gasteiger partial charge in [-0.05, 0) is 48.9 Å². The van der Waals surface area contributed by atoms with Crippen molar-refractivity contribution in [1.29, 1.82) is 0 Å². The maximum absolute atomic E-state index is 12.6. The van der Waals surface area contributed by atoms with E-state index in [2.05, 4.69) is 15.9 Å². The zero-order valence-corrected chi connectivity index (χ0v) is 15.5. The lowest BCUT2D eigenvalue weighted by molar-refractivity contribution is -0.174. The Morgan fingerprint density at radius 3 is 2.11 bits per heavy atom. The van der Waals surface area contributed by atoms with Gasteiger partial charge in [0.15, 0.2) is 0 Å². The van der Waals surface area contributed by atoms with Crippen LogP contribution in [0.3, 0.4) is 0 Å². The average molecular weight is 446 g/mol. The summed E-state index contributed by atoms with van der Waals surface area (Å²) < 4.78 is 44.2. The smallest absolute Gasteiger partial charge is 0.471 e. The fourth-order valence-corrected chi connectivity index (χ4v) is 2.56. The van der Waals surface area contributed by atoms with Crippen LogP contribution in [0, 0.1) is 0 Å². The highest BCUT2D eigenvalue weighted by Gasteiger charge is 2.40. The number of hydrogen-bond acceptors (Lipinski definition) is 3. The Kier molecular flexibility index (Phi) is 6.48. The lowest BCUT2D eigenvalue weighted by atomic mass is 10.0. The molecule has 0 fully saturated rings. The third-order valence-corrected chi connectivity index (χ3v) is 4.16. The van der Waals surface area contributed by atoms with Crippen molar-refractivity contribution in [1.82, 2.24) is 5.32 Å². The highest BCUT2D eigenvalue weighted by atomic mass is 79.9. The predicted octanol–water partition coefficient (Wildman–Crippen LogP) is 4.33. The molecule has 0 aliphatic carbocycles. The maximum atomic E-state index is 12.6. The first-order valence-electron chi connectivity index (χ1n) is 7.71. The van der Waals surface area contributed by atoms with Gasteiger partial charge in [-0.25, -0.2) is 4.79 Å². The van der Waals surface area contributed by atoms with Gasteiger partial charge in [0.1, 0.15) is 11.9 Å². The highest BCUT2D eigenvalue weighted by molar-refractivity contribution is 9.10. The van der Waals surface area contributed by atoms with Crippen LogP contribution in [0.1, 0.15) is 28.9 Å². The molecule has 0 saturated carbocycles. The number of alkyl halides is 3. The monoisotopic (exact) mass is 445 g/mol. The number of amides is 1. The molecule has 1 amide bonds. The van der Waals surface area contributed by atoms with Gasteiger partial charge >= 0.3 is 18.1 Å². The van der Waals surface area contributed by atoms with Gasteiger partial charge in [-0.15, -0.1) is 0 Å². The minimum atomic E-state index is -5.01. The molecule has 2 rings (SSSR count). The molecule has 27 heavy (non-hydrogen) atoms. The largest absolute Gasteiger partial charge is 0.484 e. The third-order valence-electron chi connectivity index (χ3n) is 3.63. The van der Waals surface area contributed by atoms with E-state index in [0.717, 1.165) is 4.47 Å². The van der Waals surface area contributed by atoms with Gasteiger partial charge in [0.25, 0.3) is 0 Å². The van der Waals surface area contributed by atoms with Gasteiger partial charge in [0.05, 0.1) is 11.6 Å². The summed E-state index contributed by atoms with van der Waals surface area (Å²) in [4.78, 5) is 22.2. The second-order valence-electron chi connectivity index (χ2n) is 5.68. The topological polar surface area (TPSA) is 75.6 Å². The number of ether oxygens (including phenoxy) is 1. The van der Waals surface area contributed by atoms with E-state index in [1.165, 1.54) is 31.2 Å². The first-order chi connectivity index (χ1) is 12.6. The molecule has 0 heterocycles. The Morgan fingerprint density at radius 1 is 1.07 bits per heavy atom. The van der Waals surface area contributed by atoms with Crippen LogP contribution in [0.2, 0.25) is 0 Å². The molecule has 2 aromatic carbocycles. The number of rotatable bonds is 6. The zero-order valence-electron chi connectivity index (χ0n) is 14.0. The van der Waals surface area contributed by atoms with Crippen molar-refractivity contribution in [3.05, 3.63) is 64.1 Å². The molecular weight excluding hydrogens is 431 g/mol. The zero-order chi connectivity index (χ0) is 20.2. The van der Waals surface area contributed by atoms with Gasteiger partial charge < -0.3 is 15.2 Å². The number of carboxylic acid groups (broad SMARTS) is 1. The summed E-state index contributed by atoms with van der Waals surface area (Å²) in [5.74, 6) is -2.93. The number of carboxylic acids is 1. The van der Waals surface area contributed by atoms with Crippen molar-refractivity contribution in [2.45, 2.75) is 25.2 Å². The minimum Gasteiger partial charge on any atom is -0.484 e. The van der Waals surface area contributed by atoms with E-state index >= 15 is 0 Å². The number of halogens is 4. The minimum absolute atomic E-state index is 0.0426. The second kappa shape index (κ2) is 8.43. The van der Waals surface area contributed by atoms with Gasteiger partial charge in [-0.1, -0.05) is 28.1 Å². The highest BCUT2D eigenvalue weighted by Crippen LogP contribution is 2.27. The lowest BCUT2D eigenvalue weighted by Crippen LogP contribution is -2.45. The van der Waals surface area contributed by atoms with Crippen LogP contribution in [0.25, 0.3) is 0 Å². The number of benzene rings is 2. The molecule has 0 aromatic heterocycles. The van der Waals surface area contributed by atoms with E-state index in [4.69, 9.17) is 9.84 Å². The number of hydrogen-bond donors (Lipinski definition) is 2. The summed E-state index contributed by atoms with van der Waals surface area (Å²) in [7, 11) is 0. The summed E-state index contributed by atoms with van der Waals surface area (Å²) in [6.07, 6.45) is -5.94. The van der Waals surface area contributed by atoms with Crippen molar-refractivity contribution < 1.29 is 32.6 Å². The first kappa shape index (κ1) is 20.8. The van der Waals surface area contributed by atoms with Crippen LogP contribution in [0.15, 0.2) is 53.0 Å². The van der Waals surface area contributed by atoms with Gasteiger partial charge in [-0.3, -0.25) is 4.79 Å². The number of carbonyl (C=O) groups is 2. The van der Waals surface area contributed by atoms with Gasteiger partial charge in [0, 0.05) is 4.47 Å². The van der Waals surface area contributed by atoms with Crippen LogP contribution >= 0.6 is 15.9 Å². The van der Waals surface area contributed by atoms with Crippen molar-refractivity contribution in [3.63, 3.8) is 0 Å². The summed E-state index contributed by atoms with van der Waals surface area (Å²) in [5.41, 5.74) is 0.580. The molecular formula is C18H15BrF3NO4. The molecule has 0 spiro atoms. The Labute approximate surface area is 161 Å². The molecule has 144 valence electrons. The molecule has 0 saturated heterocycles. The van der Waals surface area contributed by atoms with Crippen LogP contribution in [-0.4, -0.2) is 29.2 Å². The predicted molar refractivity (Wildman–Crippen MR) is 94.6 cm³/mol. The molecule has 2 unspecified atom stereocenters. The first-order valence-corrected chi connectivity index (χ1v) is 8.50. The Hall–Kier alpha value is -2.55. The normalized spacial score (nSPS) is 13.5. The van der Waals surface area contributed by atoms with Gasteiger partial charge in [-0.2, -0.15) is 13.2 Å². The van der Waals surface area contributed by atoms with E-state index in [1.54, 1.807) is 24.3 Å². The molecule has 2 atom stereocenters. The van der Waals surface area contributed by atoms with E-state index in [0.29, 0.717) is 5.56 Å². The summed E-state index contributed by atoms with van der Waals surface area (Å²) in [6.45, 7) is 1.39. The van der Waals surface area contributed by atoms with Crippen molar-refractivity contribution in [2.24, 2.45) is 0 Å². The van der Waals surface area contributed by atoms with Crippen LogP contribution < -0.4 is 10.1 Å². The molecule has 0 bridgehead atoms. The fourth-order valence-electron chi connectivity index (χ4n) is 2.30. The maximum Gasteiger partial charge on any atom is 0.471 e.